The van der Waals surface area contributed by atoms with Gasteiger partial charge in [-0.25, -0.2) is 0 Å². The Morgan fingerprint density at radius 2 is 2.33 bits per heavy atom. The third kappa shape index (κ3) is 1.21. The van der Waals surface area contributed by atoms with Crippen LogP contribution in [0.4, 0.5) is 0 Å². The molecule has 1 aromatic carbocycles. The van der Waals surface area contributed by atoms with Gasteiger partial charge >= 0.3 is 0 Å². The molecule has 12 heavy (non-hydrogen) atoms. The highest BCUT2D eigenvalue weighted by molar-refractivity contribution is 6.33. The first-order valence-corrected chi connectivity index (χ1v) is 3.92. The predicted octanol–water partition coefficient (Wildman–Crippen LogP) is 2.53. The van der Waals surface area contributed by atoms with Crippen LogP contribution in [0.5, 0.6) is 0 Å². The molecule has 3 heteroatoms. The van der Waals surface area contributed by atoms with Crippen molar-refractivity contribution >= 4 is 11.6 Å². The van der Waals surface area contributed by atoms with Crippen LogP contribution in [0.2, 0.25) is 5.02 Å². The minimum atomic E-state index is 0.671. The molecule has 0 aliphatic rings. The lowest BCUT2D eigenvalue weighted by Crippen LogP contribution is -1.78. The SMILES string of the molecule is Clc1ccc[c]c1-c1cc[nH]n1. The van der Waals surface area contributed by atoms with Crippen LogP contribution in [0.1, 0.15) is 0 Å². The summed E-state index contributed by atoms with van der Waals surface area (Å²) in [5.41, 5.74) is 1.65. The zero-order valence-corrected chi connectivity index (χ0v) is 6.97. The number of benzene rings is 1. The lowest BCUT2D eigenvalue weighted by atomic mass is 10.2. The van der Waals surface area contributed by atoms with Crippen LogP contribution in [-0.2, 0) is 0 Å². The molecule has 1 radical (unpaired) electrons. The van der Waals surface area contributed by atoms with Crippen LogP contribution in [0.25, 0.3) is 11.3 Å². The van der Waals surface area contributed by atoms with Gasteiger partial charge in [0.2, 0.25) is 0 Å². The van der Waals surface area contributed by atoms with Gasteiger partial charge in [0, 0.05) is 11.8 Å². The predicted molar refractivity (Wildman–Crippen MR) is 47.9 cm³/mol. The van der Waals surface area contributed by atoms with Gasteiger partial charge in [-0.3, -0.25) is 5.10 Å². The Labute approximate surface area is 75.2 Å². The second kappa shape index (κ2) is 2.99. The molecule has 0 fully saturated rings. The number of hydrogen-bond acceptors (Lipinski definition) is 1. The monoisotopic (exact) mass is 177 g/mol. The maximum absolute atomic E-state index is 5.93. The van der Waals surface area contributed by atoms with E-state index in [1.54, 1.807) is 6.20 Å². The summed E-state index contributed by atoms with van der Waals surface area (Å²) in [4.78, 5) is 0. The van der Waals surface area contributed by atoms with Gasteiger partial charge in [0.25, 0.3) is 0 Å². The fraction of sp³-hybridized carbons (Fsp3) is 0. The highest BCUT2D eigenvalue weighted by Gasteiger charge is 2.02. The van der Waals surface area contributed by atoms with E-state index in [4.69, 9.17) is 11.6 Å². The molecule has 1 heterocycles. The smallest absolute Gasteiger partial charge is 0.0941 e. The molecule has 0 spiro atoms. The molecular weight excluding hydrogens is 172 g/mol. The van der Waals surface area contributed by atoms with Gasteiger partial charge < -0.3 is 0 Å². The Kier molecular flexibility index (Phi) is 1.84. The summed E-state index contributed by atoms with van der Waals surface area (Å²) < 4.78 is 0. The minimum absolute atomic E-state index is 0.671. The Bertz CT molecular complexity index is 368. The van der Waals surface area contributed by atoms with E-state index in [0.29, 0.717) is 5.02 Å². The van der Waals surface area contributed by atoms with Crippen molar-refractivity contribution < 1.29 is 0 Å². The highest BCUT2D eigenvalue weighted by Crippen LogP contribution is 2.24. The van der Waals surface area contributed by atoms with E-state index in [9.17, 15) is 0 Å². The van der Waals surface area contributed by atoms with E-state index in [0.717, 1.165) is 11.3 Å². The molecule has 0 bridgehead atoms. The zero-order chi connectivity index (χ0) is 8.39. The van der Waals surface area contributed by atoms with Gasteiger partial charge in [0.15, 0.2) is 0 Å². The molecule has 0 unspecified atom stereocenters. The third-order valence-electron chi connectivity index (χ3n) is 1.56. The summed E-state index contributed by atoms with van der Waals surface area (Å²) in [6, 6.07) is 10.4. The normalized spacial score (nSPS) is 10.1. The number of H-pyrrole nitrogens is 1. The van der Waals surface area contributed by atoms with E-state index in [2.05, 4.69) is 16.3 Å². The van der Waals surface area contributed by atoms with E-state index in [1.165, 1.54) is 0 Å². The highest BCUT2D eigenvalue weighted by atomic mass is 35.5. The van der Waals surface area contributed by atoms with Crippen LogP contribution in [0, 0.1) is 6.07 Å². The second-order valence-corrected chi connectivity index (χ2v) is 2.76. The first-order valence-electron chi connectivity index (χ1n) is 3.54. The fourth-order valence-electron chi connectivity index (χ4n) is 1.01. The molecule has 2 rings (SSSR count). The summed E-state index contributed by atoms with van der Waals surface area (Å²) in [5, 5.41) is 7.40. The molecule has 0 saturated carbocycles. The molecule has 59 valence electrons. The molecule has 2 aromatic rings. The van der Waals surface area contributed by atoms with Gasteiger partial charge in [0.05, 0.1) is 10.7 Å². The maximum Gasteiger partial charge on any atom is 0.0941 e. The van der Waals surface area contributed by atoms with E-state index in [1.807, 2.05) is 24.3 Å². The molecule has 2 nitrogen and oxygen atoms in total. The van der Waals surface area contributed by atoms with Crippen LogP contribution in [-0.4, -0.2) is 10.2 Å². The standard InChI is InChI=1S/C9H6ClN2/c10-8-4-2-1-3-7(8)9-5-6-11-12-9/h1-2,4-6H,(H,11,12). The topological polar surface area (TPSA) is 28.7 Å². The number of rotatable bonds is 1. The molecule has 1 aromatic heterocycles. The summed E-state index contributed by atoms with van der Waals surface area (Å²) in [6.07, 6.45) is 1.76. The average molecular weight is 178 g/mol. The van der Waals surface area contributed by atoms with E-state index >= 15 is 0 Å². The van der Waals surface area contributed by atoms with Crippen molar-refractivity contribution in [2.75, 3.05) is 0 Å². The number of aromatic amines is 1. The minimum Gasteiger partial charge on any atom is -0.285 e. The summed E-state index contributed by atoms with van der Waals surface area (Å²) in [5.74, 6) is 0. The lowest BCUT2D eigenvalue weighted by molar-refractivity contribution is 1.09. The molecule has 0 atom stereocenters. The quantitative estimate of drug-likeness (QED) is 0.713. The van der Waals surface area contributed by atoms with Gasteiger partial charge in [-0.15, -0.1) is 0 Å². The van der Waals surface area contributed by atoms with Crippen molar-refractivity contribution in [2.24, 2.45) is 0 Å². The van der Waals surface area contributed by atoms with Gasteiger partial charge in [-0.1, -0.05) is 23.7 Å². The van der Waals surface area contributed by atoms with Crippen LogP contribution in [0.3, 0.4) is 0 Å². The summed E-state index contributed by atoms with van der Waals surface area (Å²) >= 11 is 5.93. The van der Waals surface area contributed by atoms with E-state index < -0.39 is 0 Å². The first-order chi connectivity index (χ1) is 5.88. The molecule has 0 saturated heterocycles. The van der Waals surface area contributed by atoms with Crippen molar-refractivity contribution in [1.29, 1.82) is 0 Å². The number of nitrogens with one attached hydrogen (secondary N) is 1. The van der Waals surface area contributed by atoms with Crippen molar-refractivity contribution in [3.8, 4) is 11.3 Å². The Morgan fingerprint density at radius 3 is 3.00 bits per heavy atom. The molecule has 0 aliphatic carbocycles. The Hall–Kier alpha value is -1.28. The molecule has 0 aliphatic heterocycles. The first kappa shape index (κ1) is 7.37. The summed E-state index contributed by atoms with van der Waals surface area (Å²) in [6.45, 7) is 0. The van der Waals surface area contributed by atoms with Gasteiger partial charge in [-0.05, 0) is 18.2 Å². The average Bonchev–Trinajstić information content (AvgIpc) is 2.57. The van der Waals surface area contributed by atoms with Gasteiger partial charge in [-0.2, -0.15) is 5.10 Å². The van der Waals surface area contributed by atoms with Gasteiger partial charge in [0.1, 0.15) is 0 Å². The van der Waals surface area contributed by atoms with Crippen LogP contribution in [0.15, 0.2) is 30.5 Å². The number of hydrogen-bond donors (Lipinski definition) is 1. The Balaban J connectivity index is 2.55. The van der Waals surface area contributed by atoms with Crippen molar-refractivity contribution in [3.05, 3.63) is 41.6 Å². The molecule has 0 amide bonds. The van der Waals surface area contributed by atoms with Crippen LogP contribution >= 0.6 is 11.6 Å². The van der Waals surface area contributed by atoms with Crippen molar-refractivity contribution in [1.82, 2.24) is 10.2 Å². The van der Waals surface area contributed by atoms with Crippen LogP contribution < -0.4 is 0 Å². The molecule has 1 N–H and O–H groups in total. The zero-order valence-electron chi connectivity index (χ0n) is 6.21. The maximum atomic E-state index is 5.93. The number of halogens is 1. The second-order valence-electron chi connectivity index (χ2n) is 2.35. The fourth-order valence-corrected chi connectivity index (χ4v) is 1.24. The molecular formula is C9H6ClN2. The largest absolute Gasteiger partial charge is 0.285 e. The number of aromatic nitrogens is 2. The van der Waals surface area contributed by atoms with E-state index in [-0.39, 0.29) is 0 Å². The third-order valence-corrected chi connectivity index (χ3v) is 1.88. The lowest BCUT2D eigenvalue weighted by Gasteiger charge is -1.96. The number of nitrogens with zero attached hydrogens (tertiary/aromatic N) is 1. The van der Waals surface area contributed by atoms with Crippen molar-refractivity contribution in [2.45, 2.75) is 0 Å². The summed E-state index contributed by atoms with van der Waals surface area (Å²) in [7, 11) is 0. The Morgan fingerprint density at radius 1 is 1.42 bits per heavy atom. The van der Waals surface area contributed by atoms with Crippen molar-refractivity contribution in [3.63, 3.8) is 0 Å².